The van der Waals surface area contributed by atoms with Gasteiger partial charge in [-0.15, -0.1) is 0 Å². The highest BCUT2D eigenvalue weighted by Crippen LogP contribution is 2.26. The Morgan fingerprint density at radius 3 is 2.55 bits per heavy atom. The van der Waals surface area contributed by atoms with Gasteiger partial charge in [0.2, 0.25) is 10.0 Å². The highest BCUT2D eigenvalue weighted by atomic mass is 32.2. The summed E-state index contributed by atoms with van der Waals surface area (Å²) in [5, 5.41) is 3.91. The lowest BCUT2D eigenvalue weighted by Crippen LogP contribution is -2.36. The molecule has 0 spiro atoms. The second kappa shape index (κ2) is 7.59. The topological polar surface area (TPSA) is 72.2 Å². The van der Waals surface area contributed by atoms with Crippen LogP contribution in [0.4, 0.5) is 0 Å². The normalized spacial score (nSPS) is 18.5. The molecular formula is C16H28N2O3S. The standard InChI is InChI=1S/C16H28N2O3S/c1-12(11-16-13(2)17-21-14(16)3)18-22(19,20)10-9-15-7-5-4-6-8-15/h12,15,18H,4-11H2,1-3H3. The molecule has 1 aliphatic carbocycles. The summed E-state index contributed by atoms with van der Waals surface area (Å²) in [5.41, 5.74) is 1.84. The zero-order chi connectivity index (χ0) is 16.2. The first-order chi connectivity index (χ1) is 10.4. The van der Waals surface area contributed by atoms with E-state index in [4.69, 9.17) is 4.52 Å². The van der Waals surface area contributed by atoms with Crippen LogP contribution < -0.4 is 4.72 Å². The molecule has 1 heterocycles. The van der Waals surface area contributed by atoms with E-state index in [1.807, 2.05) is 20.8 Å². The summed E-state index contributed by atoms with van der Waals surface area (Å²) < 4.78 is 32.4. The van der Waals surface area contributed by atoms with Crippen LogP contribution in [0.1, 0.15) is 62.5 Å². The molecule has 0 amide bonds. The fourth-order valence-corrected chi connectivity index (χ4v) is 4.76. The third-order valence-corrected chi connectivity index (χ3v) is 6.13. The van der Waals surface area contributed by atoms with Crippen LogP contribution >= 0.6 is 0 Å². The van der Waals surface area contributed by atoms with E-state index < -0.39 is 10.0 Å². The molecule has 6 heteroatoms. The largest absolute Gasteiger partial charge is 0.361 e. The first kappa shape index (κ1) is 17.5. The molecule has 1 unspecified atom stereocenters. The highest BCUT2D eigenvalue weighted by Gasteiger charge is 2.21. The lowest BCUT2D eigenvalue weighted by molar-refractivity contribution is 0.349. The van der Waals surface area contributed by atoms with Gasteiger partial charge >= 0.3 is 0 Å². The number of nitrogens with zero attached hydrogens (tertiary/aromatic N) is 1. The monoisotopic (exact) mass is 328 g/mol. The van der Waals surface area contributed by atoms with Crippen molar-refractivity contribution in [3.8, 4) is 0 Å². The molecule has 0 aliphatic heterocycles. The van der Waals surface area contributed by atoms with Crippen LogP contribution in [0.15, 0.2) is 4.52 Å². The lowest BCUT2D eigenvalue weighted by Gasteiger charge is -2.22. The third kappa shape index (κ3) is 5.09. The maximum absolute atomic E-state index is 12.2. The Bertz CT molecular complexity index is 555. The highest BCUT2D eigenvalue weighted by molar-refractivity contribution is 7.89. The summed E-state index contributed by atoms with van der Waals surface area (Å²) in [4.78, 5) is 0. The van der Waals surface area contributed by atoms with Gasteiger partial charge in [0.15, 0.2) is 0 Å². The van der Waals surface area contributed by atoms with Crippen LogP contribution in [0.2, 0.25) is 0 Å². The lowest BCUT2D eigenvalue weighted by atomic mass is 9.88. The minimum Gasteiger partial charge on any atom is -0.361 e. The first-order valence-electron chi connectivity index (χ1n) is 8.29. The van der Waals surface area contributed by atoms with Gasteiger partial charge in [-0.2, -0.15) is 0 Å². The Hall–Kier alpha value is -0.880. The second-order valence-corrected chi connectivity index (χ2v) is 8.51. The Labute approximate surface area is 133 Å². The molecule has 1 aliphatic rings. The minimum absolute atomic E-state index is 0.145. The van der Waals surface area contributed by atoms with Crippen molar-refractivity contribution in [2.24, 2.45) is 5.92 Å². The van der Waals surface area contributed by atoms with Gasteiger partial charge in [0.05, 0.1) is 11.4 Å². The van der Waals surface area contributed by atoms with E-state index in [0.29, 0.717) is 12.3 Å². The number of hydrogen-bond acceptors (Lipinski definition) is 4. The Morgan fingerprint density at radius 1 is 1.27 bits per heavy atom. The van der Waals surface area contributed by atoms with Gasteiger partial charge in [-0.25, -0.2) is 13.1 Å². The second-order valence-electron chi connectivity index (χ2n) is 6.64. The van der Waals surface area contributed by atoms with E-state index in [9.17, 15) is 8.42 Å². The molecule has 0 bridgehead atoms. The minimum atomic E-state index is -3.21. The predicted octanol–water partition coefficient (Wildman–Crippen LogP) is 3.11. The number of rotatable bonds is 7. The summed E-state index contributed by atoms with van der Waals surface area (Å²) in [6, 6.07) is -0.145. The van der Waals surface area contributed by atoms with E-state index in [0.717, 1.165) is 23.4 Å². The maximum atomic E-state index is 12.2. The molecule has 0 aromatic carbocycles. The predicted molar refractivity (Wildman–Crippen MR) is 87.3 cm³/mol. The smallest absolute Gasteiger partial charge is 0.211 e. The van der Waals surface area contributed by atoms with Crippen molar-refractivity contribution in [3.63, 3.8) is 0 Å². The molecule has 5 nitrogen and oxygen atoms in total. The molecule has 1 aromatic heterocycles. The molecule has 1 fully saturated rings. The number of nitrogens with one attached hydrogen (secondary N) is 1. The van der Waals surface area contributed by atoms with Gasteiger partial charge < -0.3 is 4.52 Å². The Morgan fingerprint density at radius 2 is 1.95 bits per heavy atom. The maximum Gasteiger partial charge on any atom is 0.211 e. The fourth-order valence-electron chi connectivity index (χ4n) is 3.30. The van der Waals surface area contributed by atoms with Crippen molar-refractivity contribution in [1.29, 1.82) is 0 Å². The molecule has 1 saturated carbocycles. The zero-order valence-electron chi connectivity index (χ0n) is 13.9. The molecule has 2 rings (SSSR count). The molecule has 22 heavy (non-hydrogen) atoms. The van der Waals surface area contributed by atoms with Gasteiger partial charge in [0.25, 0.3) is 0 Å². The van der Waals surface area contributed by atoms with Gasteiger partial charge in [0, 0.05) is 11.6 Å². The first-order valence-corrected chi connectivity index (χ1v) is 9.94. The average molecular weight is 328 g/mol. The molecule has 0 saturated heterocycles. The Balaban J connectivity index is 1.82. The summed E-state index contributed by atoms with van der Waals surface area (Å²) in [7, 11) is -3.21. The summed E-state index contributed by atoms with van der Waals surface area (Å²) in [6.45, 7) is 5.64. The van der Waals surface area contributed by atoms with Gasteiger partial charge in [0.1, 0.15) is 5.76 Å². The molecular weight excluding hydrogens is 300 g/mol. The number of sulfonamides is 1. The van der Waals surface area contributed by atoms with Crippen molar-refractivity contribution in [2.45, 2.75) is 71.8 Å². The van der Waals surface area contributed by atoms with Crippen molar-refractivity contribution in [1.82, 2.24) is 9.88 Å². The van der Waals surface area contributed by atoms with Crippen LogP contribution in [0.25, 0.3) is 0 Å². The zero-order valence-corrected chi connectivity index (χ0v) is 14.7. The van der Waals surface area contributed by atoms with E-state index in [-0.39, 0.29) is 11.8 Å². The summed E-state index contributed by atoms with van der Waals surface area (Å²) in [5.74, 6) is 1.60. The van der Waals surface area contributed by atoms with E-state index >= 15 is 0 Å². The van der Waals surface area contributed by atoms with E-state index in [2.05, 4.69) is 9.88 Å². The molecule has 0 radical (unpaired) electrons. The van der Waals surface area contributed by atoms with Gasteiger partial charge in [-0.05, 0) is 39.5 Å². The van der Waals surface area contributed by atoms with Crippen LogP contribution in [0.3, 0.4) is 0 Å². The third-order valence-electron chi connectivity index (χ3n) is 4.59. The van der Waals surface area contributed by atoms with Crippen LogP contribution in [-0.4, -0.2) is 25.4 Å². The number of hydrogen-bond donors (Lipinski definition) is 1. The number of aryl methyl sites for hydroxylation is 2. The Kier molecular flexibility index (Phi) is 6.03. The fraction of sp³-hybridized carbons (Fsp3) is 0.812. The average Bonchev–Trinajstić information content (AvgIpc) is 2.78. The SMILES string of the molecule is Cc1noc(C)c1CC(C)NS(=O)(=O)CCC1CCCCC1. The molecule has 1 aromatic rings. The van der Waals surface area contributed by atoms with Crippen LogP contribution in [-0.2, 0) is 16.4 Å². The summed E-state index contributed by atoms with van der Waals surface area (Å²) in [6.07, 6.45) is 7.57. The van der Waals surface area contributed by atoms with Crippen molar-refractivity contribution in [2.75, 3.05) is 5.75 Å². The van der Waals surface area contributed by atoms with Gasteiger partial charge in [-0.3, -0.25) is 0 Å². The van der Waals surface area contributed by atoms with Crippen molar-refractivity contribution < 1.29 is 12.9 Å². The molecule has 1 atom stereocenters. The van der Waals surface area contributed by atoms with Crippen LogP contribution in [0, 0.1) is 19.8 Å². The van der Waals surface area contributed by atoms with E-state index in [1.54, 1.807) is 0 Å². The number of aromatic nitrogens is 1. The van der Waals surface area contributed by atoms with Crippen LogP contribution in [0.5, 0.6) is 0 Å². The summed E-state index contributed by atoms with van der Waals surface area (Å²) >= 11 is 0. The van der Waals surface area contributed by atoms with Crippen molar-refractivity contribution in [3.05, 3.63) is 17.0 Å². The van der Waals surface area contributed by atoms with Crippen molar-refractivity contribution >= 4 is 10.0 Å². The van der Waals surface area contributed by atoms with E-state index in [1.165, 1.54) is 32.1 Å². The quantitative estimate of drug-likeness (QED) is 0.835. The van der Waals surface area contributed by atoms with Gasteiger partial charge in [-0.1, -0.05) is 37.3 Å². The molecule has 126 valence electrons. The molecule has 1 N–H and O–H groups in total.